The van der Waals surface area contributed by atoms with Crippen LogP contribution in [0, 0.1) is 30.2 Å². The van der Waals surface area contributed by atoms with Crippen LogP contribution in [0.2, 0.25) is 5.02 Å². The van der Waals surface area contributed by atoms with E-state index in [1.54, 1.807) is 0 Å². The number of hydrogen-bond donors (Lipinski definition) is 0. The highest BCUT2D eigenvalue weighted by Crippen LogP contribution is 2.33. The zero-order valence-corrected chi connectivity index (χ0v) is 12.9. The summed E-state index contributed by atoms with van der Waals surface area (Å²) in [7, 11) is -4.20. The third kappa shape index (κ3) is 3.01. The monoisotopic (exact) mass is 376 g/mol. The van der Waals surface area contributed by atoms with Gasteiger partial charge in [0.1, 0.15) is 10.0 Å². The highest BCUT2D eigenvalue weighted by molar-refractivity contribution is 7.93. The molecular formula is C10H5ClF4N2O3S2. The van der Waals surface area contributed by atoms with Crippen LogP contribution in [0.15, 0.2) is 4.34 Å². The Balaban J connectivity index is 2.33. The first-order chi connectivity index (χ1) is 10.1. The molecule has 22 heavy (non-hydrogen) atoms. The van der Waals surface area contributed by atoms with E-state index >= 15 is 0 Å². The van der Waals surface area contributed by atoms with Crippen LogP contribution >= 0.6 is 22.9 Å². The van der Waals surface area contributed by atoms with Gasteiger partial charge in [-0.2, -0.15) is 8.78 Å². The number of nitrogens with zero attached hydrogens (tertiary/aromatic N) is 2. The van der Waals surface area contributed by atoms with Crippen molar-refractivity contribution in [3.8, 4) is 5.75 Å². The molecule has 0 amide bonds. The first-order valence-electron chi connectivity index (χ1n) is 5.32. The Morgan fingerprint density at radius 3 is 2.09 bits per heavy atom. The van der Waals surface area contributed by atoms with Gasteiger partial charge in [0.05, 0.1) is 0 Å². The SMILES string of the molecule is Cc1nnc(S(=O)(=O)COc2c(F)c(F)c(Cl)c(F)c2F)s1. The predicted octanol–water partition coefficient (Wildman–Crippen LogP) is 2.87. The molecule has 0 saturated heterocycles. The van der Waals surface area contributed by atoms with Crippen molar-refractivity contribution in [3.05, 3.63) is 33.3 Å². The van der Waals surface area contributed by atoms with Gasteiger partial charge in [0, 0.05) is 0 Å². The third-order valence-corrected chi connectivity index (χ3v) is 5.32. The Morgan fingerprint density at radius 1 is 1.09 bits per heavy atom. The molecule has 0 spiro atoms. The first-order valence-corrected chi connectivity index (χ1v) is 8.17. The zero-order chi connectivity index (χ0) is 16.7. The molecule has 12 heteroatoms. The standard InChI is InChI=1S/C10H5ClF4N2O3S2/c1-3-16-17-10(21-3)22(18,19)2-20-9-7(14)5(12)4(11)6(13)8(9)15/h2H2,1H3. The van der Waals surface area contributed by atoms with Gasteiger partial charge < -0.3 is 4.74 Å². The second kappa shape index (κ2) is 5.97. The second-order valence-corrected chi connectivity index (χ2v) is 7.53. The first kappa shape index (κ1) is 16.9. The molecule has 0 unspecified atom stereocenters. The predicted molar refractivity (Wildman–Crippen MR) is 68.6 cm³/mol. The van der Waals surface area contributed by atoms with Gasteiger partial charge >= 0.3 is 0 Å². The van der Waals surface area contributed by atoms with E-state index in [0.717, 1.165) is 0 Å². The fraction of sp³-hybridized carbons (Fsp3) is 0.200. The molecule has 0 atom stereocenters. The molecule has 0 N–H and O–H groups in total. The van der Waals surface area contributed by atoms with Gasteiger partial charge in [-0.05, 0) is 6.92 Å². The number of ether oxygens (including phenoxy) is 1. The zero-order valence-electron chi connectivity index (χ0n) is 10.5. The molecule has 0 saturated carbocycles. The van der Waals surface area contributed by atoms with Gasteiger partial charge in [-0.3, -0.25) is 0 Å². The third-order valence-electron chi connectivity index (χ3n) is 2.30. The van der Waals surface area contributed by atoms with Crippen LogP contribution in [0.25, 0.3) is 0 Å². The Morgan fingerprint density at radius 2 is 1.64 bits per heavy atom. The lowest BCUT2D eigenvalue weighted by Gasteiger charge is -2.10. The van der Waals surface area contributed by atoms with E-state index in [1.165, 1.54) is 6.92 Å². The highest BCUT2D eigenvalue weighted by Gasteiger charge is 2.28. The molecule has 0 aliphatic carbocycles. The maximum Gasteiger partial charge on any atom is 0.242 e. The smallest absolute Gasteiger partial charge is 0.242 e. The quantitative estimate of drug-likeness (QED) is 0.466. The van der Waals surface area contributed by atoms with Crippen molar-refractivity contribution in [3.63, 3.8) is 0 Å². The van der Waals surface area contributed by atoms with Gasteiger partial charge in [-0.25, -0.2) is 17.2 Å². The van der Waals surface area contributed by atoms with E-state index in [2.05, 4.69) is 14.9 Å². The number of aromatic nitrogens is 2. The molecular weight excluding hydrogens is 372 g/mol. The van der Waals surface area contributed by atoms with Crippen molar-refractivity contribution in [1.82, 2.24) is 10.2 Å². The number of halogens is 5. The lowest BCUT2D eigenvalue weighted by molar-refractivity contribution is 0.312. The Kier molecular flexibility index (Phi) is 4.59. The summed E-state index contributed by atoms with van der Waals surface area (Å²) in [5, 5.41) is 5.73. The Labute approximate surface area is 130 Å². The molecule has 0 bridgehead atoms. The van der Waals surface area contributed by atoms with Gasteiger partial charge in [-0.1, -0.05) is 22.9 Å². The fourth-order valence-corrected chi connectivity index (χ4v) is 3.44. The largest absolute Gasteiger partial charge is 0.471 e. The minimum Gasteiger partial charge on any atom is -0.471 e. The number of hydrogen-bond acceptors (Lipinski definition) is 6. The molecule has 2 aromatic rings. The van der Waals surface area contributed by atoms with E-state index in [9.17, 15) is 26.0 Å². The summed E-state index contributed by atoms with van der Waals surface area (Å²) in [5.41, 5.74) is 0. The average molecular weight is 377 g/mol. The Bertz CT molecular complexity index is 812. The molecule has 0 fully saturated rings. The van der Waals surface area contributed by atoms with Gasteiger partial charge in [0.15, 0.2) is 23.3 Å². The molecule has 1 aromatic heterocycles. The molecule has 0 radical (unpaired) electrons. The molecule has 1 heterocycles. The van der Waals surface area contributed by atoms with Crippen LogP contribution in [0.4, 0.5) is 17.6 Å². The molecule has 5 nitrogen and oxygen atoms in total. The molecule has 1 aromatic carbocycles. The van der Waals surface area contributed by atoms with Gasteiger partial charge in [0.25, 0.3) is 0 Å². The summed E-state index contributed by atoms with van der Waals surface area (Å²) in [6.07, 6.45) is 0. The fourth-order valence-electron chi connectivity index (χ4n) is 1.30. The van der Waals surface area contributed by atoms with E-state index in [-0.39, 0.29) is 0 Å². The van der Waals surface area contributed by atoms with Crippen molar-refractivity contribution < 1.29 is 30.7 Å². The molecule has 0 aliphatic rings. The summed E-state index contributed by atoms with van der Waals surface area (Å²) >= 11 is 5.73. The summed E-state index contributed by atoms with van der Waals surface area (Å²) < 4.78 is 80.9. The summed E-state index contributed by atoms with van der Waals surface area (Å²) in [5.74, 6) is -10.5. The van der Waals surface area contributed by atoms with Crippen molar-refractivity contribution in [2.45, 2.75) is 11.3 Å². The van der Waals surface area contributed by atoms with Crippen LogP contribution in [0.1, 0.15) is 5.01 Å². The van der Waals surface area contributed by atoms with Crippen LogP contribution < -0.4 is 4.74 Å². The van der Waals surface area contributed by atoms with E-state index in [1.807, 2.05) is 0 Å². The second-order valence-electron chi connectivity index (χ2n) is 3.86. The maximum absolute atomic E-state index is 13.5. The number of sulfone groups is 1. The Hall–Kier alpha value is -1.46. The summed E-state index contributed by atoms with van der Waals surface area (Å²) in [6, 6.07) is 0. The van der Waals surface area contributed by atoms with Crippen molar-refractivity contribution in [2.24, 2.45) is 0 Å². The molecule has 0 aliphatic heterocycles. The maximum atomic E-state index is 13.5. The average Bonchev–Trinajstić information content (AvgIpc) is 2.90. The lowest BCUT2D eigenvalue weighted by Crippen LogP contribution is -2.15. The minimum absolute atomic E-state index is 0.333. The van der Waals surface area contributed by atoms with Crippen molar-refractivity contribution in [1.29, 1.82) is 0 Å². The van der Waals surface area contributed by atoms with Crippen molar-refractivity contribution >= 4 is 32.8 Å². The minimum atomic E-state index is -4.20. The van der Waals surface area contributed by atoms with Crippen LogP contribution in [-0.2, 0) is 9.84 Å². The lowest BCUT2D eigenvalue weighted by atomic mass is 10.3. The summed E-state index contributed by atoms with van der Waals surface area (Å²) in [4.78, 5) is 0. The van der Waals surface area contributed by atoms with Gasteiger partial charge in [0.2, 0.25) is 25.8 Å². The normalized spacial score (nSPS) is 11.7. The van der Waals surface area contributed by atoms with E-state index in [0.29, 0.717) is 16.3 Å². The molecule has 2 rings (SSSR count). The molecule has 120 valence electrons. The van der Waals surface area contributed by atoms with Crippen LogP contribution in [0.3, 0.4) is 0 Å². The topological polar surface area (TPSA) is 69.2 Å². The van der Waals surface area contributed by atoms with E-state index < -0.39 is 54.2 Å². The van der Waals surface area contributed by atoms with Crippen molar-refractivity contribution in [2.75, 3.05) is 5.94 Å². The highest BCUT2D eigenvalue weighted by atomic mass is 35.5. The van der Waals surface area contributed by atoms with E-state index in [4.69, 9.17) is 11.6 Å². The number of aryl methyl sites for hydroxylation is 1. The number of benzene rings is 1. The summed E-state index contributed by atoms with van der Waals surface area (Å²) in [6.45, 7) is 1.49. The van der Waals surface area contributed by atoms with Crippen LogP contribution in [0.5, 0.6) is 5.75 Å². The van der Waals surface area contributed by atoms with Gasteiger partial charge in [-0.15, -0.1) is 10.2 Å². The van der Waals surface area contributed by atoms with Crippen LogP contribution in [-0.4, -0.2) is 24.6 Å². The number of rotatable bonds is 4.